The molecule has 1 unspecified atom stereocenters. The molecule has 1 aliphatic heterocycles. The molecule has 0 saturated carbocycles. The Bertz CT molecular complexity index is 799. The Hall–Kier alpha value is -1.44. The summed E-state index contributed by atoms with van der Waals surface area (Å²) in [5.74, 6) is 0. The van der Waals surface area contributed by atoms with Crippen molar-refractivity contribution >= 4 is 26.9 Å². The van der Waals surface area contributed by atoms with Gasteiger partial charge in [-0.1, -0.05) is 9.24 Å². The smallest absolute Gasteiger partial charge is 0.302 e. The molecule has 2 aromatic rings. The number of thiazole rings is 1. The van der Waals surface area contributed by atoms with Gasteiger partial charge in [-0.05, 0) is 18.2 Å². The Morgan fingerprint density at radius 3 is 2.50 bits per heavy atom. The van der Waals surface area contributed by atoms with Gasteiger partial charge in [0.25, 0.3) is 5.66 Å². The zero-order valence-corrected chi connectivity index (χ0v) is 15.3. The van der Waals surface area contributed by atoms with Crippen LogP contribution in [0.25, 0.3) is 10.6 Å². The summed E-state index contributed by atoms with van der Waals surface area (Å²) in [6.07, 6.45) is -3.39. The van der Waals surface area contributed by atoms with Gasteiger partial charge in [0, 0.05) is 35.5 Å². The summed E-state index contributed by atoms with van der Waals surface area (Å²) in [6, 6.07) is 2.33. The first-order chi connectivity index (χ1) is 12.1. The van der Waals surface area contributed by atoms with E-state index in [0.29, 0.717) is 25.6 Å². The van der Waals surface area contributed by atoms with E-state index >= 15 is 0 Å². The van der Waals surface area contributed by atoms with Crippen LogP contribution in [0, 0.1) is 0 Å². The number of carbonyl (C=O) groups excluding carboxylic acids is 1. The normalized spacial score (nSPS) is 15.8. The van der Waals surface area contributed by atoms with E-state index in [9.17, 15) is 26.7 Å². The Kier molecular flexibility index (Phi) is 5.16. The summed E-state index contributed by atoms with van der Waals surface area (Å²) in [5.41, 5.74) is -4.60. The molecule has 0 amide bonds. The lowest BCUT2D eigenvalue weighted by Gasteiger charge is -2.23. The van der Waals surface area contributed by atoms with E-state index in [1.54, 1.807) is 0 Å². The van der Waals surface area contributed by atoms with Gasteiger partial charge in [-0.3, -0.25) is 4.90 Å². The number of halogens is 5. The van der Waals surface area contributed by atoms with Crippen LogP contribution >= 0.6 is 20.6 Å². The van der Waals surface area contributed by atoms with Crippen LogP contribution in [-0.2, 0) is 29.6 Å². The molecule has 140 valence electrons. The molecular weight excluding hydrogens is 394 g/mol. The Labute approximate surface area is 152 Å². The number of fused-ring (bicyclic) bond motifs is 1. The molecular formula is C16H14F5N2OPS. The lowest BCUT2D eigenvalue weighted by Crippen LogP contribution is -2.31. The Morgan fingerprint density at radius 2 is 1.88 bits per heavy atom. The minimum absolute atomic E-state index is 0.0123. The average Bonchev–Trinajstić information content (AvgIpc) is 2.96. The van der Waals surface area contributed by atoms with Crippen molar-refractivity contribution in [3.05, 3.63) is 39.9 Å². The number of hydrogen-bond acceptors (Lipinski definition) is 4. The number of aldehydes is 1. The van der Waals surface area contributed by atoms with Gasteiger partial charge in [0.15, 0.2) is 0 Å². The molecule has 0 saturated heterocycles. The van der Waals surface area contributed by atoms with Crippen molar-refractivity contribution in [3.63, 3.8) is 0 Å². The molecule has 10 heteroatoms. The number of rotatable bonds is 4. The monoisotopic (exact) mass is 408 g/mol. The number of carbonyl (C=O) groups is 1. The summed E-state index contributed by atoms with van der Waals surface area (Å²) in [4.78, 5) is 17.7. The molecule has 0 fully saturated rings. The number of nitrogens with zero attached hydrogens (tertiary/aromatic N) is 2. The van der Waals surface area contributed by atoms with Crippen LogP contribution in [0.5, 0.6) is 0 Å². The molecule has 0 N–H and O–H groups in total. The van der Waals surface area contributed by atoms with Gasteiger partial charge in [-0.15, -0.1) is 11.3 Å². The maximum absolute atomic E-state index is 13.6. The van der Waals surface area contributed by atoms with Crippen LogP contribution < -0.4 is 0 Å². The summed E-state index contributed by atoms with van der Waals surface area (Å²) in [6.45, 7) is 1.35. The van der Waals surface area contributed by atoms with E-state index in [1.165, 1.54) is 20.6 Å². The second-order valence-electron chi connectivity index (χ2n) is 5.96. The quantitative estimate of drug-likeness (QED) is 0.430. The third-order valence-corrected chi connectivity index (χ3v) is 5.50. The molecule has 2 heterocycles. The van der Waals surface area contributed by atoms with Gasteiger partial charge in [-0.25, -0.2) is 4.98 Å². The maximum atomic E-state index is 13.6. The summed E-state index contributed by atoms with van der Waals surface area (Å²) < 4.78 is 66.6. The SMILES string of the molecule is O=CCN1CCc2nc(-c3cc(C(F)(F)F)cc(C(F)(F)P)c3)sc2C1. The molecule has 1 atom stereocenters. The number of alkyl halides is 5. The standard InChI is InChI=1S/C16H14F5N2OPS/c17-15(18,19)10-5-9(6-11(7-10)16(20,21)25)14-22-12-1-2-23(3-4-24)8-13(12)26-14/h4-7H,1-3,8,25H2. The topological polar surface area (TPSA) is 33.2 Å². The molecule has 0 aliphatic carbocycles. The van der Waals surface area contributed by atoms with Crippen molar-refractivity contribution in [2.24, 2.45) is 0 Å². The van der Waals surface area contributed by atoms with Gasteiger partial charge >= 0.3 is 6.18 Å². The van der Waals surface area contributed by atoms with E-state index < -0.39 is 23.0 Å². The average molecular weight is 408 g/mol. The fraction of sp³-hybridized carbons (Fsp3) is 0.375. The molecule has 3 nitrogen and oxygen atoms in total. The van der Waals surface area contributed by atoms with Gasteiger partial charge in [0.05, 0.1) is 17.8 Å². The molecule has 0 bridgehead atoms. The molecule has 1 aromatic heterocycles. The maximum Gasteiger partial charge on any atom is 0.416 e. The fourth-order valence-corrected chi connectivity index (χ4v) is 4.04. The van der Waals surface area contributed by atoms with Crippen molar-refractivity contribution in [2.45, 2.75) is 24.8 Å². The number of aromatic nitrogens is 1. The highest BCUT2D eigenvalue weighted by Crippen LogP contribution is 2.42. The molecule has 0 radical (unpaired) electrons. The Morgan fingerprint density at radius 1 is 1.19 bits per heavy atom. The van der Waals surface area contributed by atoms with Crippen LogP contribution in [0.4, 0.5) is 22.0 Å². The van der Waals surface area contributed by atoms with Crippen LogP contribution in [0.1, 0.15) is 21.7 Å². The summed E-state index contributed by atoms with van der Waals surface area (Å²) in [7, 11) is 1.26. The fourth-order valence-electron chi connectivity index (χ4n) is 2.74. The van der Waals surface area contributed by atoms with Crippen LogP contribution in [-0.4, -0.2) is 29.3 Å². The van der Waals surface area contributed by atoms with Crippen LogP contribution in [0.15, 0.2) is 18.2 Å². The van der Waals surface area contributed by atoms with Crippen molar-refractivity contribution in [1.29, 1.82) is 0 Å². The molecule has 3 rings (SSSR count). The minimum atomic E-state index is -4.74. The van der Waals surface area contributed by atoms with Crippen molar-refractivity contribution in [1.82, 2.24) is 9.88 Å². The van der Waals surface area contributed by atoms with E-state index in [0.717, 1.165) is 29.0 Å². The van der Waals surface area contributed by atoms with Gasteiger partial charge in [0.2, 0.25) is 0 Å². The van der Waals surface area contributed by atoms with Gasteiger partial charge in [0.1, 0.15) is 11.3 Å². The summed E-state index contributed by atoms with van der Waals surface area (Å²) in [5, 5.41) is 0.268. The van der Waals surface area contributed by atoms with Gasteiger partial charge < -0.3 is 4.79 Å². The third kappa shape index (κ3) is 4.10. The van der Waals surface area contributed by atoms with E-state index in [4.69, 9.17) is 0 Å². The lowest BCUT2D eigenvalue weighted by atomic mass is 10.1. The van der Waals surface area contributed by atoms with Crippen molar-refractivity contribution < 1.29 is 26.7 Å². The first kappa shape index (κ1) is 19.3. The first-order valence-corrected chi connectivity index (χ1v) is 9.01. The lowest BCUT2D eigenvalue weighted by molar-refractivity contribution is -0.137. The molecule has 1 aromatic carbocycles. The second-order valence-corrected chi connectivity index (χ2v) is 7.77. The zero-order chi connectivity index (χ0) is 19.1. The Balaban J connectivity index is 2.03. The van der Waals surface area contributed by atoms with Crippen molar-refractivity contribution in [2.75, 3.05) is 13.1 Å². The predicted octanol–water partition coefficient (Wildman–Crippen LogP) is 4.31. The summed E-state index contributed by atoms with van der Waals surface area (Å²) >= 11 is 1.17. The largest absolute Gasteiger partial charge is 0.416 e. The molecule has 1 aliphatic rings. The van der Waals surface area contributed by atoms with E-state index in [-0.39, 0.29) is 17.1 Å². The minimum Gasteiger partial charge on any atom is -0.302 e. The highest BCUT2D eigenvalue weighted by Gasteiger charge is 2.35. The second kappa shape index (κ2) is 6.94. The molecule has 26 heavy (non-hydrogen) atoms. The van der Waals surface area contributed by atoms with Crippen molar-refractivity contribution in [3.8, 4) is 10.6 Å². The molecule has 0 spiro atoms. The highest BCUT2D eigenvalue weighted by molar-refractivity contribution is 7.17. The van der Waals surface area contributed by atoms with Crippen LogP contribution in [0.3, 0.4) is 0 Å². The first-order valence-electron chi connectivity index (χ1n) is 7.62. The van der Waals surface area contributed by atoms with Gasteiger partial charge in [-0.2, -0.15) is 22.0 Å². The third-order valence-electron chi connectivity index (χ3n) is 4.04. The van der Waals surface area contributed by atoms with E-state index in [1.807, 2.05) is 4.90 Å². The zero-order valence-electron chi connectivity index (χ0n) is 13.3. The predicted molar refractivity (Wildman–Crippen MR) is 91.2 cm³/mol. The number of hydrogen-bond donors (Lipinski definition) is 0. The number of benzene rings is 1. The highest BCUT2D eigenvalue weighted by atomic mass is 32.1. The van der Waals surface area contributed by atoms with E-state index in [2.05, 4.69) is 4.98 Å². The van der Waals surface area contributed by atoms with Crippen LogP contribution in [0.2, 0.25) is 0 Å².